The zero-order valence-corrected chi connectivity index (χ0v) is 17.0. The highest BCUT2D eigenvalue weighted by Crippen LogP contribution is 2.35. The molecular formula is C23H29N3O2. The van der Waals surface area contributed by atoms with E-state index in [0.717, 1.165) is 29.8 Å². The van der Waals surface area contributed by atoms with E-state index in [1.165, 1.54) is 0 Å². The summed E-state index contributed by atoms with van der Waals surface area (Å²) in [6, 6.07) is 13.2. The predicted octanol–water partition coefficient (Wildman–Crippen LogP) is 4.39. The van der Waals surface area contributed by atoms with Crippen molar-refractivity contribution in [1.82, 2.24) is 15.0 Å². The quantitative estimate of drug-likeness (QED) is 0.568. The molecule has 0 aliphatic heterocycles. The Morgan fingerprint density at radius 2 is 1.75 bits per heavy atom. The summed E-state index contributed by atoms with van der Waals surface area (Å²) in [4.78, 5) is 11.8. The van der Waals surface area contributed by atoms with E-state index in [1.807, 2.05) is 42.5 Å². The van der Waals surface area contributed by atoms with Crippen LogP contribution in [0.2, 0.25) is 0 Å². The van der Waals surface area contributed by atoms with Gasteiger partial charge in [0.25, 0.3) is 0 Å². The average molecular weight is 380 g/mol. The molecule has 5 nitrogen and oxygen atoms in total. The molecule has 2 aromatic heterocycles. The first-order valence-electron chi connectivity index (χ1n) is 9.69. The van der Waals surface area contributed by atoms with Crippen LogP contribution in [0, 0.1) is 5.41 Å². The molecule has 2 unspecified atom stereocenters. The summed E-state index contributed by atoms with van der Waals surface area (Å²) in [5.41, 5.74) is 2.07. The number of pyridine rings is 1. The number of hydrogen-bond donors (Lipinski definition) is 3. The molecule has 3 aromatic rings. The van der Waals surface area contributed by atoms with Crippen molar-refractivity contribution in [3.05, 3.63) is 71.9 Å². The Bertz CT molecular complexity index is 899. The molecule has 0 spiro atoms. The summed E-state index contributed by atoms with van der Waals surface area (Å²) >= 11 is 0. The Kier molecular flexibility index (Phi) is 5.68. The van der Waals surface area contributed by atoms with E-state index >= 15 is 0 Å². The highest BCUT2D eigenvalue weighted by atomic mass is 16.3. The van der Waals surface area contributed by atoms with E-state index in [4.69, 9.17) is 0 Å². The fourth-order valence-corrected chi connectivity index (χ4v) is 3.18. The first kappa shape index (κ1) is 20.2. The van der Waals surface area contributed by atoms with Gasteiger partial charge in [0.15, 0.2) is 0 Å². The third-order valence-electron chi connectivity index (χ3n) is 5.50. The number of aromatic nitrogens is 3. The topological polar surface area (TPSA) is 82.0 Å². The highest BCUT2D eigenvalue weighted by Gasteiger charge is 2.35. The van der Waals surface area contributed by atoms with Gasteiger partial charge in [-0.15, -0.1) is 0 Å². The Hall–Kier alpha value is -2.50. The predicted molar refractivity (Wildman–Crippen MR) is 111 cm³/mol. The SMILES string of the molecule is CCC(C)(C)Cc1cnc(C(O)C(C)(O)c2ccc(-c3ccccn3)cc2)[nH]1. The van der Waals surface area contributed by atoms with Gasteiger partial charge in [0.05, 0.1) is 5.69 Å². The molecule has 3 N–H and O–H groups in total. The zero-order valence-electron chi connectivity index (χ0n) is 17.0. The largest absolute Gasteiger partial charge is 0.382 e. The highest BCUT2D eigenvalue weighted by molar-refractivity contribution is 5.59. The Balaban J connectivity index is 1.79. The number of imidazole rings is 1. The molecule has 0 radical (unpaired) electrons. The van der Waals surface area contributed by atoms with Crippen molar-refractivity contribution in [2.24, 2.45) is 5.41 Å². The molecule has 3 rings (SSSR count). The van der Waals surface area contributed by atoms with Gasteiger partial charge in [-0.3, -0.25) is 4.98 Å². The molecule has 1 aromatic carbocycles. The minimum Gasteiger partial charge on any atom is -0.382 e. The fraction of sp³-hybridized carbons (Fsp3) is 0.391. The molecule has 28 heavy (non-hydrogen) atoms. The third kappa shape index (κ3) is 4.32. The smallest absolute Gasteiger partial charge is 0.144 e. The molecule has 148 valence electrons. The van der Waals surface area contributed by atoms with Crippen molar-refractivity contribution < 1.29 is 10.2 Å². The van der Waals surface area contributed by atoms with Crippen molar-refractivity contribution in [3.8, 4) is 11.3 Å². The second kappa shape index (κ2) is 7.86. The molecule has 0 amide bonds. The number of aromatic amines is 1. The Labute approximate surface area is 166 Å². The fourth-order valence-electron chi connectivity index (χ4n) is 3.18. The minimum atomic E-state index is -1.47. The molecule has 0 aliphatic carbocycles. The van der Waals surface area contributed by atoms with E-state index in [0.29, 0.717) is 11.4 Å². The van der Waals surface area contributed by atoms with Gasteiger partial charge in [0.2, 0.25) is 0 Å². The normalized spacial score (nSPS) is 15.2. The lowest BCUT2D eigenvalue weighted by Crippen LogP contribution is -2.30. The van der Waals surface area contributed by atoms with E-state index < -0.39 is 11.7 Å². The monoisotopic (exact) mass is 379 g/mol. The number of nitrogens with zero attached hydrogens (tertiary/aromatic N) is 2. The molecule has 0 saturated carbocycles. The molecule has 5 heteroatoms. The summed E-state index contributed by atoms with van der Waals surface area (Å²) in [5, 5.41) is 21.8. The molecule has 0 bridgehead atoms. The maximum atomic E-state index is 11.0. The third-order valence-corrected chi connectivity index (χ3v) is 5.50. The van der Waals surface area contributed by atoms with Gasteiger partial charge in [-0.2, -0.15) is 0 Å². The van der Waals surface area contributed by atoms with E-state index in [2.05, 4.69) is 35.7 Å². The van der Waals surface area contributed by atoms with Gasteiger partial charge in [-0.25, -0.2) is 4.98 Å². The van der Waals surface area contributed by atoms with Crippen LogP contribution < -0.4 is 0 Å². The first-order chi connectivity index (χ1) is 13.2. The van der Waals surface area contributed by atoms with Crippen molar-refractivity contribution in [2.45, 2.75) is 52.2 Å². The number of aliphatic hydroxyl groups is 2. The van der Waals surface area contributed by atoms with Crippen LogP contribution in [-0.4, -0.2) is 25.2 Å². The number of H-pyrrole nitrogens is 1. The summed E-state index contributed by atoms with van der Waals surface area (Å²) in [6.45, 7) is 8.16. The number of benzene rings is 1. The van der Waals surface area contributed by atoms with Crippen molar-refractivity contribution in [3.63, 3.8) is 0 Å². The van der Waals surface area contributed by atoms with Crippen LogP contribution >= 0.6 is 0 Å². The van der Waals surface area contributed by atoms with Gasteiger partial charge in [-0.05, 0) is 36.5 Å². The summed E-state index contributed by atoms with van der Waals surface area (Å²) in [5.74, 6) is 0.376. The van der Waals surface area contributed by atoms with Gasteiger partial charge in [0, 0.05) is 23.7 Å². The summed E-state index contributed by atoms with van der Waals surface area (Å²) < 4.78 is 0. The summed E-state index contributed by atoms with van der Waals surface area (Å²) in [7, 11) is 0. The number of rotatable bonds is 7. The standard InChI is InChI=1S/C23H29N3O2/c1-5-22(2,3)14-18-15-25-21(26-18)20(27)23(4,28)17-11-9-16(10-12-17)19-8-6-7-13-24-19/h6-13,15,20,27-28H,5,14H2,1-4H3,(H,25,26). The lowest BCUT2D eigenvalue weighted by Gasteiger charge is -2.28. The van der Waals surface area contributed by atoms with Crippen LogP contribution in [0.15, 0.2) is 54.9 Å². The second-order valence-electron chi connectivity index (χ2n) is 8.33. The van der Waals surface area contributed by atoms with Gasteiger partial charge in [-0.1, -0.05) is 57.5 Å². The van der Waals surface area contributed by atoms with Crippen LogP contribution in [0.5, 0.6) is 0 Å². The molecule has 0 aliphatic rings. The van der Waals surface area contributed by atoms with Crippen molar-refractivity contribution >= 4 is 0 Å². The number of hydrogen-bond acceptors (Lipinski definition) is 4. The minimum absolute atomic E-state index is 0.151. The summed E-state index contributed by atoms with van der Waals surface area (Å²) in [6.07, 6.45) is 4.22. The van der Waals surface area contributed by atoms with Crippen LogP contribution in [0.3, 0.4) is 0 Å². The lowest BCUT2D eigenvalue weighted by molar-refractivity contribution is -0.0728. The van der Waals surface area contributed by atoms with Gasteiger partial charge >= 0.3 is 0 Å². The second-order valence-corrected chi connectivity index (χ2v) is 8.33. The van der Waals surface area contributed by atoms with Crippen molar-refractivity contribution in [2.75, 3.05) is 0 Å². The maximum Gasteiger partial charge on any atom is 0.144 e. The van der Waals surface area contributed by atoms with E-state index in [9.17, 15) is 10.2 Å². The maximum absolute atomic E-state index is 11.0. The Morgan fingerprint density at radius 1 is 1.04 bits per heavy atom. The van der Waals surface area contributed by atoms with Crippen LogP contribution in [0.4, 0.5) is 0 Å². The Morgan fingerprint density at radius 3 is 2.36 bits per heavy atom. The number of aliphatic hydroxyl groups excluding tert-OH is 1. The van der Waals surface area contributed by atoms with Crippen LogP contribution in [-0.2, 0) is 12.0 Å². The van der Waals surface area contributed by atoms with Gasteiger partial charge in [0.1, 0.15) is 17.5 Å². The van der Waals surface area contributed by atoms with E-state index in [1.54, 1.807) is 19.3 Å². The molecule has 2 atom stereocenters. The number of nitrogens with one attached hydrogen (secondary N) is 1. The lowest BCUT2D eigenvalue weighted by atomic mass is 9.85. The van der Waals surface area contributed by atoms with E-state index in [-0.39, 0.29) is 5.41 Å². The first-order valence-corrected chi connectivity index (χ1v) is 9.69. The van der Waals surface area contributed by atoms with Crippen LogP contribution in [0.25, 0.3) is 11.3 Å². The zero-order chi connectivity index (χ0) is 20.4. The molecule has 2 heterocycles. The van der Waals surface area contributed by atoms with Crippen LogP contribution in [0.1, 0.15) is 57.3 Å². The van der Waals surface area contributed by atoms with Crippen molar-refractivity contribution in [1.29, 1.82) is 0 Å². The average Bonchev–Trinajstić information content (AvgIpc) is 3.15. The van der Waals surface area contributed by atoms with Gasteiger partial charge < -0.3 is 15.2 Å². The molecule has 0 saturated heterocycles. The molecular weight excluding hydrogens is 350 g/mol. The molecule has 0 fully saturated rings.